The van der Waals surface area contributed by atoms with E-state index in [1.807, 2.05) is 0 Å². The molecule has 1 heterocycles. The maximum atomic E-state index is 12.2. The van der Waals surface area contributed by atoms with Crippen molar-refractivity contribution in [3.63, 3.8) is 0 Å². The molecule has 108 valence electrons. The molecule has 2 rings (SSSR count). The van der Waals surface area contributed by atoms with E-state index in [0.717, 1.165) is 12.8 Å². The van der Waals surface area contributed by atoms with Gasteiger partial charge in [0.2, 0.25) is 5.91 Å². The molecule has 0 unspecified atom stereocenters. The van der Waals surface area contributed by atoms with Crippen LogP contribution in [0.3, 0.4) is 0 Å². The number of carboxylic acids is 1. The number of nitrogens with zero attached hydrogens (tertiary/aromatic N) is 1. The summed E-state index contributed by atoms with van der Waals surface area (Å²) in [6.07, 6.45) is 3.98. The van der Waals surface area contributed by atoms with Crippen LogP contribution in [-0.2, 0) is 19.4 Å². The van der Waals surface area contributed by atoms with Crippen molar-refractivity contribution in [1.82, 2.24) is 4.90 Å². The highest BCUT2D eigenvalue weighted by Gasteiger charge is 2.48. The lowest BCUT2D eigenvalue weighted by molar-refractivity contribution is -0.148. The van der Waals surface area contributed by atoms with Gasteiger partial charge in [-0.25, -0.2) is 13.2 Å². The summed E-state index contributed by atoms with van der Waals surface area (Å²) >= 11 is 0. The third-order valence-electron chi connectivity index (χ3n) is 3.91. The van der Waals surface area contributed by atoms with Crippen LogP contribution in [0.1, 0.15) is 32.1 Å². The van der Waals surface area contributed by atoms with Crippen LogP contribution >= 0.6 is 0 Å². The van der Waals surface area contributed by atoms with Gasteiger partial charge in [0.15, 0.2) is 0 Å². The monoisotopic (exact) mass is 289 g/mol. The Morgan fingerprint density at radius 3 is 2.47 bits per heavy atom. The summed E-state index contributed by atoms with van der Waals surface area (Å²) < 4.78 is 22.7. The standard InChI is InChI=1S/C12H19NO5S/c1-19(17,18)8-12(4-5-12)7-10(14)13-6-2-3-9(13)11(15)16/h9H,2-8H2,1H3,(H,15,16)/t9-/m0/s1. The molecule has 1 amide bonds. The largest absolute Gasteiger partial charge is 0.480 e. The van der Waals surface area contributed by atoms with Gasteiger partial charge in [0.05, 0.1) is 5.75 Å². The zero-order valence-corrected chi connectivity index (χ0v) is 11.8. The van der Waals surface area contributed by atoms with Gasteiger partial charge in [0.1, 0.15) is 15.9 Å². The summed E-state index contributed by atoms with van der Waals surface area (Å²) in [5, 5.41) is 9.04. The molecule has 0 radical (unpaired) electrons. The topological polar surface area (TPSA) is 91.8 Å². The van der Waals surface area contributed by atoms with E-state index in [9.17, 15) is 18.0 Å². The second-order valence-corrected chi connectivity index (χ2v) is 7.97. The van der Waals surface area contributed by atoms with Crippen molar-refractivity contribution in [2.45, 2.75) is 38.1 Å². The number of amides is 1. The summed E-state index contributed by atoms with van der Waals surface area (Å²) in [5.74, 6) is -1.16. The lowest BCUT2D eigenvalue weighted by atomic mass is 10.0. The summed E-state index contributed by atoms with van der Waals surface area (Å²) in [5.41, 5.74) is -0.434. The molecular weight excluding hydrogens is 270 g/mol. The molecule has 0 bridgehead atoms. The SMILES string of the molecule is CS(=O)(=O)CC1(CC(=O)N2CCC[C@H]2C(=O)O)CC1. The minimum Gasteiger partial charge on any atom is -0.480 e. The first-order chi connectivity index (χ1) is 8.72. The molecule has 0 aromatic heterocycles. The lowest BCUT2D eigenvalue weighted by Gasteiger charge is -2.24. The average molecular weight is 289 g/mol. The van der Waals surface area contributed by atoms with Crippen molar-refractivity contribution in [2.75, 3.05) is 18.6 Å². The number of sulfone groups is 1. The van der Waals surface area contributed by atoms with Gasteiger partial charge in [0, 0.05) is 19.2 Å². The zero-order valence-electron chi connectivity index (χ0n) is 11.0. The van der Waals surface area contributed by atoms with Gasteiger partial charge in [-0.05, 0) is 31.1 Å². The average Bonchev–Trinajstić information content (AvgIpc) is 2.80. The van der Waals surface area contributed by atoms with Crippen molar-refractivity contribution in [1.29, 1.82) is 0 Å². The number of rotatable bonds is 5. The Bertz CT molecular complexity index is 494. The van der Waals surface area contributed by atoms with Crippen molar-refractivity contribution in [3.05, 3.63) is 0 Å². The van der Waals surface area contributed by atoms with Crippen molar-refractivity contribution >= 4 is 21.7 Å². The second-order valence-electron chi connectivity index (χ2n) is 5.83. The first-order valence-corrected chi connectivity index (χ1v) is 8.49. The zero-order chi connectivity index (χ0) is 14.3. The summed E-state index contributed by atoms with van der Waals surface area (Å²) in [7, 11) is -3.11. The fourth-order valence-corrected chi connectivity index (χ4v) is 4.35. The first-order valence-electron chi connectivity index (χ1n) is 6.42. The van der Waals surface area contributed by atoms with Crippen LogP contribution in [0, 0.1) is 5.41 Å². The van der Waals surface area contributed by atoms with E-state index in [1.165, 1.54) is 11.2 Å². The molecule has 1 aliphatic heterocycles. The maximum absolute atomic E-state index is 12.2. The molecule has 1 atom stereocenters. The Hall–Kier alpha value is -1.11. The molecule has 1 aliphatic carbocycles. The Balaban J connectivity index is 2.00. The minimum atomic E-state index is -3.11. The molecule has 1 N–H and O–H groups in total. The van der Waals surface area contributed by atoms with Crippen LogP contribution in [0.5, 0.6) is 0 Å². The Kier molecular flexibility index (Phi) is 3.59. The Labute approximate surface area is 112 Å². The molecule has 19 heavy (non-hydrogen) atoms. The third kappa shape index (κ3) is 3.46. The molecule has 1 saturated carbocycles. The van der Waals surface area contributed by atoms with Crippen molar-refractivity contribution < 1.29 is 23.1 Å². The molecular formula is C12H19NO5S. The first kappa shape index (κ1) is 14.3. The summed E-state index contributed by atoms with van der Waals surface area (Å²) in [4.78, 5) is 24.6. The van der Waals surface area contributed by atoms with E-state index in [4.69, 9.17) is 5.11 Å². The van der Waals surface area contributed by atoms with Gasteiger partial charge in [-0.3, -0.25) is 4.79 Å². The molecule has 2 fully saturated rings. The smallest absolute Gasteiger partial charge is 0.326 e. The number of carbonyl (C=O) groups excluding carboxylic acids is 1. The van der Waals surface area contributed by atoms with Gasteiger partial charge in [-0.1, -0.05) is 0 Å². The number of aliphatic carboxylic acids is 1. The van der Waals surface area contributed by atoms with E-state index in [0.29, 0.717) is 19.4 Å². The van der Waals surface area contributed by atoms with Crippen LogP contribution in [0.25, 0.3) is 0 Å². The molecule has 0 aromatic rings. The fourth-order valence-electron chi connectivity index (χ4n) is 2.85. The fraction of sp³-hybridized carbons (Fsp3) is 0.833. The van der Waals surface area contributed by atoms with Gasteiger partial charge >= 0.3 is 5.97 Å². The van der Waals surface area contributed by atoms with Crippen LogP contribution in [0.15, 0.2) is 0 Å². The second kappa shape index (κ2) is 4.77. The van der Waals surface area contributed by atoms with Gasteiger partial charge in [-0.15, -0.1) is 0 Å². The number of carbonyl (C=O) groups is 2. The summed E-state index contributed by atoms with van der Waals surface area (Å²) in [6.45, 7) is 0.463. The highest BCUT2D eigenvalue weighted by molar-refractivity contribution is 7.90. The predicted molar refractivity (Wildman–Crippen MR) is 68.4 cm³/mol. The molecule has 0 spiro atoms. The van der Waals surface area contributed by atoms with E-state index < -0.39 is 27.3 Å². The van der Waals surface area contributed by atoms with Crippen LogP contribution < -0.4 is 0 Å². The number of hydrogen-bond acceptors (Lipinski definition) is 4. The third-order valence-corrected chi connectivity index (χ3v) is 5.05. The highest BCUT2D eigenvalue weighted by Crippen LogP contribution is 2.50. The lowest BCUT2D eigenvalue weighted by Crippen LogP contribution is -2.41. The van der Waals surface area contributed by atoms with Crippen molar-refractivity contribution in [3.8, 4) is 0 Å². The minimum absolute atomic E-state index is 0.0251. The molecule has 7 heteroatoms. The molecule has 1 saturated heterocycles. The van der Waals surface area contributed by atoms with E-state index in [-0.39, 0.29) is 18.1 Å². The Morgan fingerprint density at radius 2 is 2.00 bits per heavy atom. The van der Waals surface area contributed by atoms with Crippen LogP contribution in [0.4, 0.5) is 0 Å². The highest BCUT2D eigenvalue weighted by atomic mass is 32.2. The van der Waals surface area contributed by atoms with Crippen molar-refractivity contribution in [2.24, 2.45) is 5.41 Å². The van der Waals surface area contributed by atoms with E-state index in [1.54, 1.807) is 0 Å². The number of hydrogen-bond donors (Lipinski definition) is 1. The van der Waals surface area contributed by atoms with E-state index in [2.05, 4.69) is 0 Å². The predicted octanol–water partition coefficient (Wildman–Crippen LogP) is 0.277. The van der Waals surface area contributed by atoms with E-state index >= 15 is 0 Å². The number of carboxylic acid groups (broad SMARTS) is 1. The number of likely N-dealkylation sites (tertiary alicyclic amines) is 1. The Morgan fingerprint density at radius 1 is 1.37 bits per heavy atom. The van der Waals surface area contributed by atoms with Gasteiger partial charge in [-0.2, -0.15) is 0 Å². The van der Waals surface area contributed by atoms with Gasteiger partial charge in [0.25, 0.3) is 0 Å². The van der Waals surface area contributed by atoms with Crippen LogP contribution in [0.2, 0.25) is 0 Å². The molecule has 0 aromatic carbocycles. The van der Waals surface area contributed by atoms with Crippen LogP contribution in [-0.4, -0.2) is 54.9 Å². The molecule has 6 nitrogen and oxygen atoms in total. The maximum Gasteiger partial charge on any atom is 0.326 e. The van der Waals surface area contributed by atoms with Gasteiger partial charge < -0.3 is 10.0 Å². The summed E-state index contributed by atoms with van der Waals surface area (Å²) in [6, 6.07) is -0.735. The quantitative estimate of drug-likeness (QED) is 0.784. The normalized spacial score (nSPS) is 25.3. The molecule has 2 aliphatic rings.